The highest BCUT2D eigenvalue weighted by molar-refractivity contribution is 7.80. The van der Waals surface area contributed by atoms with E-state index in [1.165, 1.54) is 13.1 Å². The van der Waals surface area contributed by atoms with Crippen LogP contribution in [0, 0.1) is 11.3 Å². The molecule has 0 spiro atoms. The van der Waals surface area contributed by atoms with Crippen LogP contribution < -0.4 is 10.2 Å². The van der Waals surface area contributed by atoms with Crippen molar-refractivity contribution in [3.8, 4) is 6.07 Å². The second kappa shape index (κ2) is 7.71. The van der Waals surface area contributed by atoms with E-state index in [1.807, 2.05) is 0 Å². The van der Waals surface area contributed by atoms with Crippen LogP contribution in [0.5, 0.6) is 0 Å². The van der Waals surface area contributed by atoms with E-state index in [-0.39, 0.29) is 29.7 Å². The molecule has 1 N–H and O–H groups in total. The number of thiocarbonyl (C=S) groups is 1. The summed E-state index contributed by atoms with van der Waals surface area (Å²) in [5.41, 5.74) is -3.29. The Balaban J connectivity index is 2.37. The molecule has 2 rings (SSSR count). The molecule has 150 valence electrons. The zero-order valence-electron chi connectivity index (χ0n) is 15.4. The molecular formula is C17H18F3N5O2S. The fourth-order valence-corrected chi connectivity index (χ4v) is 3.35. The molecule has 0 bridgehead atoms. The summed E-state index contributed by atoms with van der Waals surface area (Å²) >= 11 is 5.33. The third-order valence-corrected chi connectivity index (χ3v) is 4.83. The van der Waals surface area contributed by atoms with Crippen molar-refractivity contribution in [3.05, 3.63) is 23.5 Å². The lowest BCUT2D eigenvalue weighted by Gasteiger charge is -2.29. The van der Waals surface area contributed by atoms with Crippen LogP contribution in [0.15, 0.2) is 12.3 Å². The maximum absolute atomic E-state index is 13.2. The number of aromatic nitrogens is 1. The number of amides is 2. The van der Waals surface area contributed by atoms with Crippen LogP contribution in [0.1, 0.15) is 37.9 Å². The van der Waals surface area contributed by atoms with Crippen LogP contribution >= 0.6 is 12.2 Å². The van der Waals surface area contributed by atoms with Gasteiger partial charge in [0.1, 0.15) is 11.6 Å². The van der Waals surface area contributed by atoms with Gasteiger partial charge in [-0.1, -0.05) is 0 Å². The molecular weight excluding hydrogens is 395 g/mol. The highest BCUT2D eigenvalue weighted by Gasteiger charge is 2.49. The minimum absolute atomic E-state index is 0.0199. The summed E-state index contributed by atoms with van der Waals surface area (Å²) < 4.78 is 39.7. The first kappa shape index (κ1) is 21.6. The number of nitrogens with zero attached hydrogens (tertiary/aromatic N) is 4. The zero-order chi connectivity index (χ0) is 21.3. The lowest BCUT2D eigenvalue weighted by atomic mass is 10.0. The van der Waals surface area contributed by atoms with Crippen molar-refractivity contribution in [2.24, 2.45) is 0 Å². The fourth-order valence-electron chi connectivity index (χ4n) is 2.84. The number of hydrogen-bond donors (Lipinski definition) is 1. The monoisotopic (exact) mass is 413 g/mol. The Morgan fingerprint density at radius 3 is 2.61 bits per heavy atom. The molecule has 7 nitrogen and oxygen atoms in total. The second-order valence-electron chi connectivity index (χ2n) is 6.61. The number of rotatable bonds is 5. The second-order valence-corrected chi connectivity index (χ2v) is 6.97. The van der Waals surface area contributed by atoms with Crippen LogP contribution in [0.25, 0.3) is 0 Å². The summed E-state index contributed by atoms with van der Waals surface area (Å²) in [4.78, 5) is 30.3. The third kappa shape index (κ3) is 3.91. The highest BCUT2D eigenvalue weighted by atomic mass is 32.1. The maximum atomic E-state index is 13.2. The van der Waals surface area contributed by atoms with E-state index in [0.717, 1.165) is 11.1 Å². The molecule has 0 radical (unpaired) electrons. The first-order chi connectivity index (χ1) is 12.9. The van der Waals surface area contributed by atoms with Gasteiger partial charge in [0, 0.05) is 20.0 Å². The number of carbonyl (C=O) groups is 2. The molecule has 0 aliphatic carbocycles. The molecule has 1 aromatic heterocycles. The molecule has 1 aliphatic heterocycles. The Bertz CT molecular complexity index is 863. The van der Waals surface area contributed by atoms with E-state index in [1.54, 1.807) is 18.7 Å². The molecule has 0 aromatic carbocycles. The molecule has 0 atom stereocenters. The topological polar surface area (TPSA) is 89.3 Å². The van der Waals surface area contributed by atoms with Crippen LogP contribution in [0.3, 0.4) is 0 Å². The van der Waals surface area contributed by atoms with Crippen LogP contribution in [0.2, 0.25) is 0 Å². The van der Waals surface area contributed by atoms with E-state index in [2.05, 4.69) is 10.3 Å². The molecule has 28 heavy (non-hydrogen) atoms. The van der Waals surface area contributed by atoms with Gasteiger partial charge >= 0.3 is 6.18 Å². The maximum Gasteiger partial charge on any atom is 0.419 e. The van der Waals surface area contributed by atoms with E-state index in [0.29, 0.717) is 12.5 Å². The van der Waals surface area contributed by atoms with E-state index in [4.69, 9.17) is 17.5 Å². The molecule has 1 saturated heterocycles. The first-order valence-electron chi connectivity index (χ1n) is 8.29. The third-order valence-electron chi connectivity index (χ3n) is 4.43. The van der Waals surface area contributed by atoms with E-state index < -0.39 is 28.9 Å². The van der Waals surface area contributed by atoms with Gasteiger partial charge < -0.3 is 10.2 Å². The van der Waals surface area contributed by atoms with Crippen molar-refractivity contribution in [1.29, 1.82) is 5.26 Å². The van der Waals surface area contributed by atoms with Crippen molar-refractivity contribution >= 4 is 34.8 Å². The lowest BCUT2D eigenvalue weighted by Crippen LogP contribution is -2.44. The van der Waals surface area contributed by atoms with Crippen molar-refractivity contribution < 1.29 is 22.8 Å². The molecule has 1 aromatic rings. The number of alkyl halides is 3. The zero-order valence-corrected chi connectivity index (χ0v) is 16.2. The van der Waals surface area contributed by atoms with Gasteiger partial charge in [-0.05, 0) is 38.6 Å². The smallest absolute Gasteiger partial charge is 0.359 e. The van der Waals surface area contributed by atoms with Gasteiger partial charge in [-0.2, -0.15) is 18.4 Å². The number of nitrogens with one attached hydrogen (secondary N) is 1. The molecule has 0 saturated carbocycles. The SMILES string of the molecule is CNC(=O)CCCN1C(=S)N(c2cnc(C#N)c(C(F)(F)F)c2)C(=O)C1(C)C. The Morgan fingerprint density at radius 2 is 2.07 bits per heavy atom. The number of halogens is 3. The Morgan fingerprint density at radius 1 is 1.43 bits per heavy atom. The van der Waals surface area contributed by atoms with Crippen LogP contribution in [0.4, 0.5) is 18.9 Å². The van der Waals surface area contributed by atoms with Gasteiger partial charge in [-0.25, -0.2) is 4.98 Å². The fraction of sp³-hybridized carbons (Fsp3) is 0.471. The van der Waals surface area contributed by atoms with Gasteiger partial charge in [-0.15, -0.1) is 0 Å². The molecule has 2 amide bonds. The molecule has 2 heterocycles. The van der Waals surface area contributed by atoms with Crippen molar-refractivity contribution in [1.82, 2.24) is 15.2 Å². The minimum Gasteiger partial charge on any atom is -0.359 e. The van der Waals surface area contributed by atoms with Crippen molar-refractivity contribution in [2.75, 3.05) is 18.5 Å². The number of anilines is 1. The van der Waals surface area contributed by atoms with Gasteiger partial charge in [0.15, 0.2) is 10.8 Å². The summed E-state index contributed by atoms with van der Waals surface area (Å²) in [5, 5.41) is 11.4. The standard InChI is InChI=1S/C17H18F3N5O2S/c1-16(2)14(27)25(15(28)24(16)6-4-5-13(26)22-3)10-7-11(17(18,19)20)12(8-21)23-9-10/h7,9H,4-6H2,1-3H3,(H,22,26). The van der Waals surface area contributed by atoms with Crippen LogP contribution in [-0.4, -0.2) is 45.9 Å². The molecule has 1 aliphatic rings. The van der Waals surface area contributed by atoms with Crippen molar-refractivity contribution in [2.45, 2.75) is 38.4 Å². The number of carbonyl (C=O) groups excluding carboxylic acids is 2. The summed E-state index contributed by atoms with van der Waals surface area (Å²) in [6, 6.07) is 2.09. The predicted octanol–water partition coefficient (Wildman–Crippen LogP) is 2.21. The number of pyridine rings is 1. The Labute approximate surface area is 165 Å². The molecule has 1 fully saturated rings. The predicted molar refractivity (Wildman–Crippen MR) is 98.1 cm³/mol. The average Bonchev–Trinajstić information content (AvgIpc) is 2.79. The lowest BCUT2D eigenvalue weighted by molar-refractivity contribution is -0.138. The summed E-state index contributed by atoms with van der Waals surface area (Å²) in [6.45, 7) is 3.48. The van der Waals surface area contributed by atoms with Gasteiger partial charge in [0.05, 0.1) is 17.4 Å². The van der Waals surface area contributed by atoms with Gasteiger partial charge in [0.2, 0.25) is 5.91 Å². The first-order valence-corrected chi connectivity index (χ1v) is 8.70. The molecule has 0 unspecified atom stereocenters. The summed E-state index contributed by atoms with van der Waals surface area (Å²) in [6.07, 6.45) is -3.16. The normalized spacial score (nSPS) is 16.3. The summed E-state index contributed by atoms with van der Waals surface area (Å²) in [7, 11) is 1.51. The number of hydrogen-bond acceptors (Lipinski definition) is 5. The summed E-state index contributed by atoms with van der Waals surface area (Å²) in [5.74, 6) is -0.686. The quantitative estimate of drug-likeness (QED) is 0.745. The highest BCUT2D eigenvalue weighted by Crippen LogP contribution is 2.37. The molecule has 11 heteroatoms. The van der Waals surface area contributed by atoms with E-state index >= 15 is 0 Å². The largest absolute Gasteiger partial charge is 0.419 e. The Kier molecular flexibility index (Phi) is 5.94. The minimum atomic E-state index is -4.80. The van der Waals surface area contributed by atoms with E-state index in [9.17, 15) is 22.8 Å². The number of nitriles is 1. The van der Waals surface area contributed by atoms with Gasteiger partial charge in [-0.3, -0.25) is 14.5 Å². The Hall–Kier alpha value is -2.74. The van der Waals surface area contributed by atoms with Crippen LogP contribution in [-0.2, 0) is 15.8 Å². The van der Waals surface area contributed by atoms with Crippen molar-refractivity contribution in [3.63, 3.8) is 0 Å². The average molecular weight is 413 g/mol. The van der Waals surface area contributed by atoms with Gasteiger partial charge in [0.25, 0.3) is 5.91 Å².